The maximum atomic E-state index is 12.7. The summed E-state index contributed by atoms with van der Waals surface area (Å²) in [6, 6.07) is 12.4. The molecule has 0 saturated heterocycles. The predicted molar refractivity (Wildman–Crippen MR) is 140 cm³/mol. The lowest BCUT2D eigenvalue weighted by Crippen LogP contribution is -2.33. The summed E-state index contributed by atoms with van der Waals surface area (Å²) in [4.78, 5) is 16.3. The third kappa shape index (κ3) is 8.39. The standard InChI is InChI=1S/C30H34F3NO6/c1-19-5-3-7-23(13-19)28-34-26(20(2)40-28)17-37-15-22-6-4-8-25(14-22)38-18-27(29(35)36)39-16-21-9-11-24(12-10-21)30(31,32)33/h3,5,7,9-13,22,25,27H,4,6,8,14-18H2,1-2H3,(H,35,36)/t22-,25+,27-/m0/s1. The lowest BCUT2D eigenvalue weighted by atomic mass is 9.88. The van der Waals surface area contributed by atoms with Gasteiger partial charge < -0.3 is 23.7 Å². The van der Waals surface area contributed by atoms with E-state index >= 15 is 0 Å². The number of aliphatic carboxylic acids is 1. The largest absolute Gasteiger partial charge is 0.479 e. The maximum Gasteiger partial charge on any atom is 0.416 e. The molecule has 0 spiro atoms. The molecule has 0 amide bonds. The summed E-state index contributed by atoms with van der Waals surface area (Å²) in [5.41, 5.74) is 2.48. The number of benzene rings is 2. The van der Waals surface area contributed by atoms with Crippen LogP contribution in [0.25, 0.3) is 11.5 Å². The molecule has 3 aromatic rings. The molecule has 2 aromatic carbocycles. The Labute approximate surface area is 231 Å². The smallest absolute Gasteiger partial charge is 0.416 e. The minimum atomic E-state index is -4.43. The molecule has 216 valence electrons. The van der Waals surface area contributed by atoms with Gasteiger partial charge in [0.25, 0.3) is 0 Å². The Kier molecular flexibility index (Phi) is 9.99. The van der Waals surface area contributed by atoms with Gasteiger partial charge in [-0.15, -0.1) is 0 Å². The van der Waals surface area contributed by atoms with Crippen LogP contribution in [0.2, 0.25) is 0 Å². The number of nitrogens with zero attached hydrogens (tertiary/aromatic N) is 1. The number of hydrogen-bond acceptors (Lipinski definition) is 6. The molecule has 10 heteroatoms. The Morgan fingerprint density at radius 3 is 2.60 bits per heavy atom. The normalized spacial score (nSPS) is 18.5. The van der Waals surface area contributed by atoms with Crippen molar-refractivity contribution in [2.75, 3.05) is 13.2 Å². The summed E-state index contributed by atoms with van der Waals surface area (Å²) in [5, 5.41) is 9.53. The highest BCUT2D eigenvalue weighted by atomic mass is 19.4. The van der Waals surface area contributed by atoms with Gasteiger partial charge in [0, 0.05) is 5.56 Å². The van der Waals surface area contributed by atoms with Crippen molar-refractivity contribution in [3.63, 3.8) is 0 Å². The zero-order chi connectivity index (χ0) is 28.7. The van der Waals surface area contributed by atoms with E-state index in [0.717, 1.165) is 60.4 Å². The number of aryl methyl sites for hydroxylation is 2. The Morgan fingerprint density at radius 2 is 1.90 bits per heavy atom. The van der Waals surface area contributed by atoms with Gasteiger partial charge in [0.2, 0.25) is 5.89 Å². The van der Waals surface area contributed by atoms with Gasteiger partial charge in [-0.3, -0.25) is 0 Å². The third-order valence-electron chi connectivity index (χ3n) is 6.98. The molecule has 1 aliphatic rings. The van der Waals surface area contributed by atoms with Crippen LogP contribution < -0.4 is 0 Å². The third-order valence-corrected chi connectivity index (χ3v) is 6.98. The summed E-state index contributed by atoms with van der Waals surface area (Å²) in [6.45, 7) is 4.47. The number of ether oxygens (including phenoxy) is 3. The second-order valence-electron chi connectivity index (χ2n) is 10.2. The molecule has 1 heterocycles. The zero-order valence-electron chi connectivity index (χ0n) is 22.6. The molecule has 1 aromatic heterocycles. The summed E-state index contributed by atoms with van der Waals surface area (Å²) >= 11 is 0. The van der Waals surface area contributed by atoms with Gasteiger partial charge in [-0.05, 0) is 68.9 Å². The molecule has 1 fully saturated rings. The van der Waals surface area contributed by atoms with Crippen LogP contribution in [0.3, 0.4) is 0 Å². The van der Waals surface area contributed by atoms with E-state index in [0.29, 0.717) is 24.7 Å². The summed E-state index contributed by atoms with van der Waals surface area (Å²) < 4.78 is 61.4. The highest BCUT2D eigenvalue weighted by Crippen LogP contribution is 2.30. The maximum absolute atomic E-state index is 12.7. The highest BCUT2D eigenvalue weighted by Gasteiger charge is 2.30. The first kappa shape index (κ1) is 29.8. The van der Waals surface area contributed by atoms with Crippen molar-refractivity contribution in [1.82, 2.24) is 4.98 Å². The fourth-order valence-electron chi connectivity index (χ4n) is 4.73. The van der Waals surface area contributed by atoms with Crippen molar-refractivity contribution < 1.29 is 41.7 Å². The molecule has 7 nitrogen and oxygen atoms in total. The Bertz CT molecular complexity index is 1260. The SMILES string of the molecule is Cc1cccc(-c2nc(COC[C@H]3CCC[C@@H](OC[C@H](OCc4ccc(C(F)(F)F)cc4)C(=O)O)C3)c(C)o2)c1. The molecule has 0 aliphatic heterocycles. The lowest BCUT2D eigenvalue weighted by Gasteiger charge is -2.29. The fourth-order valence-corrected chi connectivity index (χ4v) is 4.73. The first-order valence-corrected chi connectivity index (χ1v) is 13.3. The Hall–Kier alpha value is -3.21. The molecule has 4 rings (SSSR count). The number of hydrogen-bond donors (Lipinski definition) is 1. The quantitative estimate of drug-likeness (QED) is 0.262. The van der Waals surface area contributed by atoms with Crippen LogP contribution in [0.1, 0.15) is 53.8 Å². The topological polar surface area (TPSA) is 91.0 Å². The molecule has 1 N–H and O–H groups in total. The summed E-state index contributed by atoms with van der Waals surface area (Å²) in [5.74, 6) is 0.367. The van der Waals surface area contributed by atoms with E-state index in [1.54, 1.807) is 0 Å². The van der Waals surface area contributed by atoms with E-state index < -0.39 is 23.8 Å². The molecule has 1 saturated carbocycles. The van der Waals surface area contributed by atoms with Crippen molar-refractivity contribution in [1.29, 1.82) is 0 Å². The average molecular weight is 562 g/mol. The fraction of sp³-hybridized carbons (Fsp3) is 0.467. The van der Waals surface area contributed by atoms with Gasteiger partial charge in [-0.1, -0.05) is 36.2 Å². The van der Waals surface area contributed by atoms with Crippen LogP contribution >= 0.6 is 0 Å². The van der Waals surface area contributed by atoms with Gasteiger partial charge in [0.15, 0.2) is 6.10 Å². The molecular formula is C30H34F3NO6. The van der Waals surface area contributed by atoms with Gasteiger partial charge in [-0.2, -0.15) is 13.2 Å². The van der Waals surface area contributed by atoms with Crippen LogP contribution in [0.5, 0.6) is 0 Å². The number of aromatic nitrogens is 1. The first-order chi connectivity index (χ1) is 19.1. The van der Waals surface area contributed by atoms with E-state index in [1.807, 2.05) is 38.1 Å². The monoisotopic (exact) mass is 561 g/mol. The lowest BCUT2D eigenvalue weighted by molar-refractivity contribution is -0.158. The number of oxazole rings is 1. The number of alkyl halides is 3. The van der Waals surface area contributed by atoms with Crippen molar-refractivity contribution in [2.24, 2.45) is 5.92 Å². The van der Waals surface area contributed by atoms with Gasteiger partial charge in [0.1, 0.15) is 11.5 Å². The second kappa shape index (κ2) is 13.4. The van der Waals surface area contributed by atoms with Gasteiger partial charge >= 0.3 is 12.1 Å². The first-order valence-electron chi connectivity index (χ1n) is 13.3. The highest BCUT2D eigenvalue weighted by molar-refractivity contribution is 5.72. The number of carboxylic acid groups (broad SMARTS) is 1. The predicted octanol–water partition coefficient (Wildman–Crippen LogP) is 6.74. The number of carbonyl (C=O) groups is 1. The van der Waals surface area contributed by atoms with E-state index in [2.05, 4.69) is 4.98 Å². The van der Waals surface area contributed by atoms with Gasteiger partial charge in [-0.25, -0.2) is 9.78 Å². The molecule has 0 unspecified atom stereocenters. The average Bonchev–Trinajstić information content (AvgIpc) is 3.29. The molecule has 3 atom stereocenters. The molecule has 40 heavy (non-hydrogen) atoms. The van der Waals surface area contributed by atoms with Crippen molar-refractivity contribution in [3.05, 3.63) is 76.7 Å². The van der Waals surface area contributed by atoms with Crippen molar-refractivity contribution in [3.8, 4) is 11.5 Å². The Balaban J connectivity index is 1.21. The number of halogens is 3. The number of rotatable bonds is 12. The van der Waals surface area contributed by atoms with Crippen LogP contribution in [-0.2, 0) is 38.4 Å². The van der Waals surface area contributed by atoms with E-state index in [1.165, 1.54) is 12.1 Å². The van der Waals surface area contributed by atoms with Gasteiger partial charge in [0.05, 0.1) is 38.1 Å². The Morgan fingerprint density at radius 1 is 1.12 bits per heavy atom. The van der Waals surface area contributed by atoms with Crippen molar-refractivity contribution >= 4 is 5.97 Å². The second-order valence-corrected chi connectivity index (χ2v) is 10.2. The summed E-state index contributed by atoms with van der Waals surface area (Å²) in [6.07, 6.45) is -2.32. The summed E-state index contributed by atoms with van der Waals surface area (Å²) in [7, 11) is 0. The van der Waals surface area contributed by atoms with E-state index in [9.17, 15) is 23.1 Å². The van der Waals surface area contributed by atoms with Crippen molar-refractivity contribution in [2.45, 2.75) is 71.1 Å². The minimum Gasteiger partial charge on any atom is -0.479 e. The molecular weight excluding hydrogens is 527 g/mol. The molecule has 0 bridgehead atoms. The zero-order valence-corrected chi connectivity index (χ0v) is 22.6. The van der Waals surface area contributed by atoms with Crippen LogP contribution in [0, 0.1) is 19.8 Å². The van der Waals surface area contributed by atoms with E-state index in [-0.39, 0.29) is 25.2 Å². The molecule has 1 aliphatic carbocycles. The number of carboxylic acids is 1. The minimum absolute atomic E-state index is 0.124. The van der Waals surface area contributed by atoms with Crippen LogP contribution in [-0.4, -0.2) is 41.5 Å². The van der Waals surface area contributed by atoms with Crippen LogP contribution in [0.4, 0.5) is 13.2 Å². The molecule has 0 radical (unpaired) electrons. The van der Waals surface area contributed by atoms with Crippen LogP contribution in [0.15, 0.2) is 52.9 Å². The van der Waals surface area contributed by atoms with E-state index in [4.69, 9.17) is 18.6 Å².